The monoisotopic (exact) mass is 325 g/mol. The number of likely N-dealkylation sites (tertiary alicyclic amines) is 1. The van der Waals surface area contributed by atoms with Crippen LogP contribution in [0.4, 0.5) is 5.69 Å². The smallest absolute Gasteiger partial charge is 0.245 e. The molecule has 7 heteroatoms. The molecule has 0 radical (unpaired) electrons. The number of aromatic nitrogens is 3. The third kappa shape index (κ3) is 3.34. The van der Waals surface area contributed by atoms with Crippen LogP contribution in [0, 0.1) is 5.92 Å². The molecule has 124 valence electrons. The number of aromatic amines is 1. The summed E-state index contributed by atoms with van der Waals surface area (Å²) in [4.78, 5) is 30.2. The molecule has 1 saturated heterocycles. The number of nitrogens with zero attached hydrogens (tertiary/aromatic N) is 3. The summed E-state index contributed by atoms with van der Waals surface area (Å²) < 4.78 is 0. The number of amides is 2. The van der Waals surface area contributed by atoms with Crippen LogP contribution in [0.25, 0.3) is 11.4 Å². The molecule has 2 N–H and O–H groups in total. The Hall–Kier alpha value is -2.96. The number of carbonyl (C=O) groups excluding carboxylic acids is 2. The Balaban J connectivity index is 1.74. The number of H-pyrrole nitrogens is 1. The minimum atomic E-state index is -0.231. The number of para-hydroxylation sites is 1. The zero-order chi connectivity index (χ0) is 16.9. The van der Waals surface area contributed by atoms with Gasteiger partial charge in [0.25, 0.3) is 0 Å². The molecule has 1 aliphatic rings. The Morgan fingerprint density at radius 2 is 2.21 bits per heavy atom. The van der Waals surface area contributed by atoms with Crippen LogP contribution in [0.3, 0.4) is 0 Å². The van der Waals surface area contributed by atoms with E-state index in [2.05, 4.69) is 27.1 Å². The van der Waals surface area contributed by atoms with E-state index >= 15 is 0 Å². The van der Waals surface area contributed by atoms with E-state index in [1.807, 2.05) is 24.3 Å². The molecule has 24 heavy (non-hydrogen) atoms. The van der Waals surface area contributed by atoms with Gasteiger partial charge in [0, 0.05) is 18.7 Å². The van der Waals surface area contributed by atoms with E-state index in [0.29, 0.717) is 24.6 Å². The SMILES string of the molecule is C=CC(=O)N1CCC[C@@H](C(=O)Nc2ccccc2-c2ncn[nH]2)C1. The van der Waals surface area contributed by atoms with Gasteiger partial charge in [-0.3, -0.25) is 14.7 Å². The van der Waals surface area contributed by atoms with Crippen molar-refractivity contribution in [3.63, 3.8) is 0 Å². The maximum atomic E-state index is 12.6. The van der Waals surface area contributed by atoms with Crippen LogP contribution in [-0.2, 0) is 9.59 Å². The number of piperidine rings is 1. The summed E-state index contributed by atoms with van der Waals surface area (Å²) in [6.45, 7) is 4.59. The van der Waals surface area contributed by atoms with Crippen molar-refractivity contribution in [2.45, 2.75) is 12.8 Å². The zero-order valence-corrected chi connectivity index (χ0v) is 13.2. The zero-order valence-electron chi connectivity index (χ0n) is 13.2. The molecule has 1 fully saturated rings. The fourth-order valence-electron chi connectivity index (χ4n) is 2.89. The van der Waals surface area contributed by atoms with Gasteiger partial charge in [0.15, 0.2) is 5.82 Å². The third-order valence-electron chi connectivity index (χ3n) is 4.13. The molecule has 3 rings (SSSR count). The molecule has 1 aliphatic heterocycles. The summed E-state index contributed by atoms with van der Waals surface area (Å²) in [5.74, 6) is 0.140. The van der Waals surface area contributed by atoms with Crippen LogP contribution in [0.2, 0.25) is 0 Å². The molecular weight excluding hydrogens is 306 g/mol. The molecule has 1 aromatic carbocycles. The highest BCUT2D eigenvalue weighted by Gasteiger charge is 2.28. The van der Waals surface area contributed by atoms with Crippen LogP contribution in [-0.4, -0.2) is 45.0 Å². The molecule has 0 unspecified atom stereocenters. The lowest BCUT2D eigenvalue weighted by Crippen LogP contribution is -2.43. The van der Waals surface area contributed by atoms with E-state index < -0.39 is 0 Å². The van der Waals surface area contributed by atoms with Gasteiger partial charge in [0.1, 0.15) is 6.33 Å². The third-order valence-corrected chi connectivity index (χ3v) is 4.13. The normalized spacial score (nSPS) is 17.3. The van der Waals surface area contributed by atoms with Gasteiger partial charge in [-0.2, -0.15) is 5.10 Å². The molecule has 2 amide bonds. The van der Waals surface area contributed by atoms with Gasteiger partial charge in [0.2, 0.25) is 11.8 Å². The highest BCUT2D eigenvalue weighted by molar-refractivity contribution is 5.96. The first-order chi connectivity index (χ1) is 11.7. The molecule has 0 spiro atoms. The maximum Gasteiger partial charge on any atom is 0.245 e. The standard InChI is InChI=1S/C17H19N5O2/c1-2-15(23)22-9-5-6-12(10-22)17(24)20-14-8-4-3-7-13(14)16-18-11-19-21-16/h2-4,7-8,11-12H,1,5-6,9-10H2,(H,20,24)(H,18,19,21)/t12-/m1/s1. The van der Waals surface area contributed by atoms with E-state index in [1.165, 1.54) is 12.4 Å². The Morgan fingerprint density at radius 1 is 1.38 bits per heavy atom. The fraction of sp³-hybridized carbons (Fsp3) is 0.294. The van der Waals surface area contributed by atoms with Crippen molar-refractivity contribution in [1.82, 2.24) is 20.1 Å². The molecule has 0 bridgehead atoms. The molecule has 1 atom stereocenters. The number of hydrogen-bond donors (Lipinski definition) is 2. The van der Waals surface area contributed by atoms with Gasteiger partial charge in [-0.05, 0) is 31.1 Å². The van der Waals surface area contributed by atoms with Gasteiger partial charge in [0.05, 0.1) is 11.6 Å². The highest BCUT2D eigenvalue weighted by atomic mass is 16.2. The van der Waals surface area contributed by atoms with Crippen LogP contribution < -0.4 is 5.32 Å². The number of anilines is 1. The van der Waals surface area contributed by atoms with Gasteiger partial charge in [-0.25, -0.2) is 4.98 Å². The molecule has 0 saturated carbocycles. The van der Waals surface area contributed by atoms with Gasteiger partial charge in [-0.15, -0.1) is 0 Å². The average Bonchev–Trinajstić information content (AvgIpc) is 3.16. The lowest BCUT2D eigenvalue weighted by atomic mass is 9.96. The second-order valence-corrected chi connectivity index (χ2v) is 5.70. The molecular formula is C17H19N5O2. The fourth-order valence-corrected chi connectivity index (χ4v) is 2.89. The quantitative estimate of drug-likeness (QED) is 0.839. The van der Waals surface area contributed by atoms with Crippen LogP contribution in [0.15, 0.2) is 43.2 Å². The van der Waals surface area contributed by atoms with Gasteiger partial charge in [-0.1, -0.05) is 18.7 Å². The molecule has 2 aromatic rings. The molecule has 7 nitrogen and oxygen atoms in total. The first-order valence-corrected chi connectivity index (χ1v) is 7.86. The Bertz CT molecular complexity index is 741. The summed E-state index contributed by atoms with van der Waals surface area (Å²) in [5, 5.41) is 9.60. The predicted molar refractivity (Wildman–Crippen MR) is 89.9 cm³/mol. The highest BCUT2D eigenvalue weighted by Crippen LogP contribution is 2.26. The van der Waals surface area contributed by atoms with E-state index in [9.17, 15) is 9.59 Å². The molecule has 1 aromatic heterocycles. The van der Waals surface area contributed by atoms with Crippen molar-refractivity contribution < 1.29 is 9.59 Å². The Morgan fingerprint density at radius 3 is 2.96 bits per heavy atom. The van der Waals surface area contributed by atoms with Crippen molar-refractivity contribution in [1.29, 1.82) is 0 Å². The van der Waals surface area contributed by atoms with Crippen LogP contribution >= 0.6 is 0 Å². The first kappa shape index (κ1) is 15.9. The molecule has 0 aliphatic carbocycles. The summed E-state index contributed by atoms with van der Waals surface area (Å²) >= 11 is 0. The van der Waals surface area contributed by atoms with E-state index in [-0.39, 0.29) is 17.7 Å². The summed E-state index contributed by atoms with van der Waals surface area (Å²) in [6, 6.07) is 7.41. The largest absolute Gasteiger partial charge is 0.338 e. The number of nitrogens with one attached hydrogen (secondary N) is 2. The first-order valence-electron chi connectivity index (χ1n) is 7.86. The lowest BCUT2D eigenvalue weighted by molar-refractivity contribution is -0.130. The number of carbonyl (C=O) groups is 2. The van der Waals surface area contributed by atoms with Gasteiger partial charge < -0.3 is 10.2 Å². The minimum absolute atomic E-state index is 0.0940. The molecule has 2 heterocycles. The number of rotatable bonds is 4. The topological polar surface area (TPSA) is 91.0 Å². The second kappa shape index (κ2) is 7.08. The average molecular weight is 325 g/mol. The van der Waals surface area contributed by atoms with Crippen LogP contribution in [0.5, 0.6) is 0 Å². The summed E-state index contributed by atoms with van der Waals surface area (Å²) in [7, 11) is 0. The van der Waals surface area contributed by atoms with E-state index in [1.54, 1.807) is 4.90 Å². The Kier molecular flexibility index (Phi) is 4.69. The summed E-state index contributed by atoms with van der Waals surface area (Å²) in [5.41, 5.74) is 1.45. The van der Waals surface area contributed by atoms with Gasteiger partial charge >= 0.3 is 0 Å². The van der Waals surface area contributed by atoms with Crippen molar-refractivity contribution in [2.75, 3.05) is 18.4 Å². The Labute approximate surface area is 139 Å². The number of benzene rings is 1. The summed E-state index contributed by atoms with van der Waals surface area (Å²) in [6.07, 6.45) is 4.28. The van der Waals surface area contributed by atoms with Crippen molar-refractivity contribution >= 4 is 17.5 Å². The van der Waals surface area contributed by atoms with E-state index in [0.717, 1.165) is 18.4 Å². The minimum Gasteiger partial charge on any atom is -0.338 e. The van der Waals surface area contributed by atoms with Crippen molar-refractivity contribution in [3.05, 3.63) is 43.2 Å². The van der Waals surface area contributed by atoms with Crippen LogP contribution in [0.1, 0.15) is 12.8 Å². The van der Waals surface area contributed by atoms with Crippen molar-refractivity contribution in [2.24, 2.45) is 5.92 Å². The number of hydrogen-bond acceptors (Lipinski definition) is 4. The van der Waals surface area contributed by atoms with E-state index in [4.69, 9.17) is 0 Å². The lowest BCUT2D eigenvalue weighted by Gasteiger charge is -2.31. The van der Waals surface area contributed by atoms with Crippen molar-refractivity contribution in [3.8, 4) is 11.4 Å². The second-order valence-electron chi connectivity index (χ2n) is 5.70. The predicted octanol–water partition coefficient (Wildman–Crippen LogP) is 1.83. The maximum absolute atomic E-state index is 12.6.